The highest BCUT2D eigenvalue weighted by Crippen LogP contribution is 2.36. The lowest BCUT2D eigenvalue weighted by atomic mass is 10.2. The van der Waals surface area contributed by atoms with Crippen LogP contribution in [0.3, 0.4) is 0 Å². The largest absolute Gasteiger partial charge is 0.376 e. The van der Waals surface area contributed by atoms with Gasteiger partial charge in [0.05, 0.1) is 16.4 Å². The van der Waals surface area contributed by atoms with E-state index in [0.717, 1.165) is 10.0 Å². The summed E-state index contributed by atoms with van der Waals surface area (Å²) in [5.41, 5.74) is 0.720. The number of rotatable bonds is 3. The maximum atomic E-state index is 12.1. The van der Waals surface area contributed by atoms with Gasteiger partial charge in [0.1, 0.15) is 0 Å². The highest BCUT2D eigenvalue weighted by Gasteiger charge is 2.30. The molecule has 0 saturated carbocycles. The van der Waals surface area contributed by atoms with Crippen molar-refractivity contribution in [2.24, 2.45) is 0 Å². The van der Waals surface area contributed by atoms with Crippen molar-refractivity contribution >= 4 is 31.8 Å². The molecule has 1 aromatic rings. The minimum Gasteiger partial charge on any atom is -0.376 e. The van der Waals surface area contributed by atoms with Crippen LogP contribution in [-0.4, -0.2) is 21.6 Å². The minimum absolute atomic E-state index is 0.139. The van der Waals surface area contributed by atoms with Crippen molar-refractivity contribution in [1.82, 2.24) is 0 Å². The van der Waals surface area contributed by atoms with Gasteiger partial charge < -0.3 is 4.74 Å². The molecule has 0 atom stereocenters. The maximum absolute atomic E-state index is 12.1. The summed E-state index contributed by atoms with van der Waals surface area (Å²) in [4.78, 5) is 0.688. The van der Waals surface area contributed by atoms with E-state index in [1.54, 1.807) is 18.2 Å². The van der Waals surface area contributed by atoms with E-state index in [2.05, 4.69) is 15.9 Å². The van der Waals surface area contributed by atoms with Crippen molar-refractivity contribution in [3.05, 3.63) is 33.1 Å². The van der Waals surface area contributed by atoms with Crippen molar-refractivity contribution in [2.45, 2.75) is 11.8 Å². The third-order valence-electron chi connectivity index (χ3n) is 2.40. The Bertz CT molecular complexity index is 546. The van der Waals surface area contributed by atoms with Gasteiger partial charge >= 0.3 is 0 Å². The Kier molecular flexibility index (Phi) is 3.19. The van der Waals surface area contributed by atoms with Gasteiger partial charge in [-0.2, -0.15) is 0 Å². The summed E-state index contributed by atoms with van der Waals surface area (Å²) in [5, 5.41) is 0. The molecule has 0 unspecified atom stereocenters. The molecule has 0 aromatic heterocycles. The number of hydrogen-bond donors (Lipinski definition) is 0. The molecule has 2 rings (SSSR count). The third-order valence-corrected chi connectivity index (χ3v) is 4.95. The van der Waals surface area contributed by atoms with Crippen LogP contribution in [0.4, 0.5) is 0 Å². The average Bonchev–Trinajstić information content (AvgIpc) is 2.50. The Hall–Kier alpha value is -0.650. The number of benzene rings is 1. The van der Waals surface area contributed by atoms with Crippen molar-refractivity contribution in [3.63, 3.8) is 0 Å². The van der Waals surface area contributed by atoms with Gasteiger partial charge in [-0.05, 0) is 25.1 Å². The Labute approximate surface area is 103 Å². The van der Waals surface area contributed by atoms with Crippen LogP contribution >= 0.6 is 15.9 Å². The molecule has 16 heavy (non-hydrogen) atoms. The second-order valence-corrected chi connectivity index (χ2v) is 6.23. The Balaban J connectivity index is 2.49. The predicted molar refractivity (Wildman–Crippen MR) is 65.8 cm³/mol. The Morgan fingerprint density at radius 3 is 2.75 bits per heavy atom. The van der Waals surface area contributed by atoms with Crippen LogP contribution in [-0.2, 0) is 14.6 Å². The van der Waals surface area contributed by atoms with Crippen molar-refractivity contribution in [2.75, 3.05) is 13.2 Å². The van der Waals surface area contributed by atoms with Gasteiger partial charge in [0.2, 0.25) is 9.84 Å². The maximum Gasteiger partial charge on any atom is 0.205 e. The van der Waals surface area contributed by atoms with Gasteiger partial charge in [0.25, 0.3) is 0 Å². The summed E-state index contributed by atoms with van der Waals surface area (Å²) in [5.74, 6) is 0. The summed E-state index contributed by atoms with van der Waals surface area (Å²) < 4.78 is 30.1. The monoisotopic (exact) mass is 302 g/mol. The molecule has 1 aromatic carbocycles. The summed E-state index contributed by atoms with van der Waals surface area (Å²) in [6.07, 6.45) is 1.67. The van der Waals surface area contributed by atoms with Crippen LogP contribution in [0, 0.1) is 0 Å². The topological polar surface area (TPSA) is 43.4 Å². The first-order valence-electron chi connectivity index (χ1n) is 4.89. The standard InChI is InChI=1S/C11H11BrO3S/c1-2-15-7-8-6-9-10(12)4-3-5-11(9)16(8,13)14/h3-6H,2,7H2,1H3. The summed E-state index contributed by atoms with van der Waals surface area (Å²) >= 11 is 3.34. The lowest BCUT2D eigenvalue weighted by Gasteiger charge is -2.03. The molecule has 1 aliphatic rings. The third kappa shape index (κ3) is 1.83. The second kappa shape index (κ2) is 4.31. The summed E-state index contributed by atoms with van der Waals surface area (Å²) in [6.45, 7) is 2.48. The van der Waals surface area contributed by atoms with Gasteiger partial charge in [-0.15, -0.1) is 0 Å². The van der Waals surface area contributed by atoms with Crippen LogP contribution < -0.4 is 0 Å². The van der Waals surface area contributed by atoms with Gasteiger partial charge in [-0.1, -0.05) is 22.0 Å². The minimum atomic E-state index is -3.34. The second-order valence-electron chi connectivity index (χ2n) is 3.40. The normalized spacial score (nSPS) is 17.0. The van der Waals surface area contributed by atoms with Crippen LogP contribution in [0.2, 0.25) is 0 Å². The van der Waals surface area contributed by atoms with E-state index in [1.165, 1.54) is 0 Å². The number of ether oxygens (including phenoxy) is 1. The fraction of sp³-hybridized carbons (Fsp3) is 0.273. The molecular weight excluding hydrogens is 292 g/mol. The number of sulfone groups is 1. The van der Waals surface area contributed by atoms with Gasteiger partial charge in [-0.25, -0.2) is 8.42 Å². The fourth-order valence-electron chi connectivity index (χ4n) is 1.59. The molecule has 0 amide bonds. The average molecular weight is 303 g/mol. The van der Waals surface area contributed by atoms with Crippen LogP contribution in [0.1, 0.15) is 12.5 Å². The zero-order valence-corrected chi connectivity index (χ0v) is 11.1. The SMILES string of the molecule is CCOCC1=Cc2c(Br)cccc2S1(=O)=O. The lowest BCUT2D eigenvalue weighted by Crippen LogP contribution is -2.06. The molecule has 1 aliphatic heterocycles. The summed E-state index contributed by atoms with van der Waals surface area (Å²) in [6, 6.07) is 5.16. The molecule has 0 fully saturated rings. The Morgan fingerprint density at radius 2 is 2.12 bits per heavy atom. The number of halogens is 1. The molecule has 0 aliphatic carbocycles. The van der Waals surface area contributed by atoms with E-state index < -0.39 is 9.84 Å². The van der Waals surface area contributed by atoms with E-state index in [-0.39, 0.29) is 6.61 Å². The molecule has 0 N–H and O–H groups in total. The van der Waals surface area contributed by atoms with Crippen LogP contribution in [0.5, 0.6) is 0 Å². The zero-order chi connectivity index (χ0) is 11.8. The predicted octanol–water partition coefficient (Wildman–Crippen LogP) is 2.61. The van der Waals surface area contributed by atoms with Crippen LogP contribution in [0.15, 0.2) is 32.5 Å². The number of fused-ring (bicyclic) bond motifs is 1. The van der Waals surface area contributed by atoms with Crippen molar-refractivity contribution in [3.8, 4) is 0 Å². The molecule has 1 heterocycles. The van der Waals surface area contributed by atoms with Gasteiger partial charge in [0, 0.05) is 16.6 Å². The van der Waals surface area contributed by atoms with Gasteiger partial charge in [0.15, 0.2) is 0 Å². The highest BCUT2D eigenvalue weighted by molar-refractivity contribution is 9.10. The molecule has 0 bridgehead atoms. The van der Waals surface area contributed by atoms with E-state index >= 15 is 0 Å². The number of hydrogen-bond acceptors (Lipinski definition) is 3. The molecule has 3 nitrogen and oxygen atoms in total. The molecule has 0 saturated heterocycles. The molecule has 86 valence electrons. The Morgan fingerprint density at radius 1 is 1.38 bits per heavy atom. The first-order valence-corrected chi connectivity index (χ1v) is 7.17. The summed E-state index contributed by atoms with van der Waals surface area (Å²) in [7, 11) is -3.34. The van der Waals surface area contributed by atoms with Gasteiger partial charge in [-0.3, -0.25) is 0 Å². The fourth-order valence-corrected chi connectivity index (χ4v) is 3.72. The smallest absolute Gasteiger partial charge is 0.205 e. The highest BCUT2D eigenvalue weighted by atomic mass is 79.9. The molecule has 5 heteroatoms. The van der Waals surface area contributed by atoms with Crippen molar-refractivity contribution in [1.29, 1.82) is 0 Å². The lowest BCUT2D eigenvalue weighted by molar-refractivity contribution is 0.175. The zero-order valence-electron chi connectivity index (χ0n) is 8.73. The van der Waals surface area contributed by atoms with E-state index in [4.69, 9.17) is 4.74 Å². The molecule has 0 spiro atoms. The van der Waals surface area contributed by atoms with E-state index in [1.807, 2.05) is 13.0 Å². The van der Waals surface area contributed by atoms with E-state index in [0.29, 0.717) is 16.4 Å². The first kappa shape index (κ1) is 11.8. The molecular formula is C11H11BrO3S. The first-order chi connectivity index (χ1) is 7.57. The van der Waals surface area contributed by atoms with Crippen molar-refractivity contribution < 1.29 is 13.2 Å². The van der Waals surface area contributed by atoms with E-state index in [9.17, 15) is 8.42 Å². The molecule has 0 radical (unpaired) electrons. The van der Waals surface area contributed by atoms with Crippen LogP contribution in [0.25, 0.3) is 6.08 Å². The quantitative estimate of drug-likeness (QED) is 0.862.